The molecule has 13 heteroatoms. The van der Waals surface area contributed by atoms with Gasteiger partial charge in [-0.15, -0.1) is 9.89 Å². The van der Waals surface area contributed by atoms with Crippen LogP contribution in [0.4, 0.5) is 0 Å². The predicted octanol–water partition coefficient (Wildman–Crippen LogP) is 4.04. The van der Waals surface area contributed by atoms with Gasteiger partial charge in [0.05, 0.1) is 6.04 Å². The fourth-order valence-corrected chi connectivity index (χ4v) is 6.35. The number of carboxylic acid groups (broad SMARTS) is 2. The highest BCUT2D eigenvalue weighted by Crippen LogP contribution is 2.30. The third kappa shape index (κ3) is 6.27. The molecule has 0 bridgehead atoms. The van der Waals surface area contributed by atoms with Gasteiger partial charge in [0.25, 0.3) is 5.91 Å². The van der Waals surface area contributed by atoms with Gasteiger partial charge in [0.15, 0.2) is 0 Å². The highest BCUT2D eigenvalue weighted by molar-refractivity contribution is 6.08. The zero-order valence-electron chi connectivity index (χ0n) is 26.3. The van der Waals surface area contributed by atoms with Gasteiger partial charge in [0.1, 0.15) is 11.7 Å². The van der Waals surface area contributed by atoms with Crippen molar-refractivity contribution in [3.05, 3.63) is 119 Å². The molecule has 246 valence electrons. The number of piperazine rings is 1. The molecule has 0 saturated carbocycles. The van der Waals surface area contributed by atoms with E-state index in [-0.39, 0.29) is 18.2 Å². The number of fused-ring (bicyclic) bond motifs is 1. The molecule has 0 spiro atoms. The second-order valence-electron chi connectivity index (χ2n) is 11.6. The number of nitrogens with one attached hydrogen (secondary N) is 1. The monoisotopic (exact) mass is 649 g/mol. The summed E-state index contributed by atoms with van der Waals surface area (Å²) >= 11 is 0. The number of carbonyl (C=O) groups excluding carboxylic acids is 2. The molecule has 0 radical (unpaired) electrons. The highest BCUT2D eigenvalue weighted by Gasteiger charge is 2.40. The molecule has 2 aromatic heterocycles. The Labute approximate surface area is 276 Å². The van der Waals surface area contributed by atoms with Gasteiger partial charge in [0, 0.05) is 37.1 Å². The average molecular weight is 650 g/mol. The number of rotatable bonds is 11. The first-order valence-electron chi connectivity index (χ1n) is 15.7. The van der Waals surface area contributed by atoms with E-state index in [0.717, 1.165) is 21.5 Å². The Morgan fingerprint density at radius 2 is 1.44 bits per heavy atom. The lowest BCUT2D eigenvalue weighted by atomic mass is 9.96. The fourth-order valence-electron chi connectivity index (χ4n) is 6.35. The lowest BCUT2D eigenvalue weighted by molar-refractivity contribution is -0.135. The first kappa shape index (κ1) is 32.1. The summed E-state index contributed by atoms with van der Waals surface area (Å²) in [5, 5.41) is 28.8. The van der Waals surface area contributed by atoms with Gasteiger partial charge in [-0.3, -0.25) is 14.5 Å². The SMILES string of the molecule is CCC[C@@H](C(=O)N1CCN(C(c2ccccc2)c2ccccc2)CC1)N(C(=O)c1cc2ccccc2[nH]1)n1nnc(C(=O)O)c1C(=O)O. The highest BCUT2D eigenvalue weighted by atomic mass is 16.4. The molecule has 1 aliphatic rings. The van der Waals surface area contributed by atoms with Crippen molar-refractivity contribution >= 4 is 34.7 Å². The van der Waals surface area contributed by atoms with Crippen LogP contribution in [0.25, 0.3) is 10.9 Å². The molecular weight excluding hydrogens is 614 g/mol. The van der Waals surface area contributed by atoms with Gasteiger partial charge in [-0.2, -0.15) is 0 Å². The second-order valence-corrected chi connectivity index (χ2v) is 11.6. The Balaban J connectivity index is 1.34. The number of aromatic amines is 1. The molecular formula is C35H35N7O6. The van der Waals surface area contributed by atoms with E-state index < -0.39 is 41.2 Å². The summed E-state index contributed by atoms with van der Waals surface area (Å²) in [4.78, 5) is 60.7. The normalized spacial score (nSPS) is 14.2. The summed E-state index contributed by atoms with van der Waals surface area (Å²) in [5.74, 6) is -4.44. The number of carboxylic acids is 2. The average Bonchev–Trinajstić information content (AvgIpc) is 3.75. The maximum Gasteiger partial charge on any atom is 0.359 e. The van der Waals surface area contributed by atoms with Gasteiger partial charge in [-0.25, -0.2) is 14.6 Å². The van der Waals surface area contributed by atoms with Crippen LogP contribution in [0.3, 0.4) is 0 Å². The Kier molecular flexibility index (Phi) is 9.30. The number of carbonyl (C=O) groups is 4. The van der Waals surface area contributed by atoms with Gasteiger partial charge in [-0.1, -0.05) is 92.2 Å². The van der Waals surface area contributed by atoms with E-state index in [9.17, 15) is 29.4 Å². The third-order valence-electron chi connectivity index (χ3n) is 8.60. The van der Waals surface area contributed by atoms with E-state index in [1.807, 2.05) is 49.4 Å². The molecule has 1 atom stereocenters. The number of nitrogens with zero attached hydrogens (tertiary/aromatic N) is 6. The van der Waals surface area contributed by atoms with Crippen LogP contribution in [0, 0.1) is 0 Å². The minimum atomic E-state index is -1.66. The number of aromatic nitrogens is 4. The van der Waals surface area contributed by atoms with Crippen LogP contribution in [0.15, 0.2) is 91.0 Å². The molecule has 5 aromatic rings. The van der Waals surface area contributed by atoms with Crippen molar-refractivity contribution < 1.29 is 29.4 Å². The number of para-hydroxylation sites is 1. The molecule has 2 amide bonds. The van der Waals surface area contributed by atoms with Crippen LogP contribution >= 0.6 is 0 Å². The van der Waals surface area contributed by atoms with E-state index >= 15 is 0 Å². The molecule has 3 aromatic carbocycles. The standard InChI is InChI=1S/C35H35N7O6/c1-2-11-28(33(44)40-20-18-39(19-21-40)30(23-12-5-3-6-13-23)24-14-7-4-8-15-24)41(42-31(35(47)48)29(34(45)46)37-38-42)32(43)27-22-25-16-9-10-17-26(25)36-27/h3-10,12-17,22,28,30,36H,2,11,18-21H2,1H3,(H,45,46)(H,47,48)/t28-/m0/s1. The zero-order chi connectivity index (χ0) is 33.8. The van der Waals surface area contributed by atoms with Crippen LogP contribution in [0.1, 0.15) is 68.4 Å². The minimum absolute atomic E-state index is 0.0288. The number of amides is 2. The number of benzene rings is 3. The van der Waals surface area contributed by atoms with Crippen LogP contribution in [-0.4, -0.2) is 96.1 Å². The van der Waals surface area contributed by atoms with Crippen molar-refractivity contribution in [2.24, 2.45) is 0 Å². The Morgan fingerprint density at radius 1 is 0.833 bits per heavy atom. The number of H-pyrrole nitrogens is 1. The largest absolute Gasteiger partial charge is 0.476 e. The van der Waals surface area contributed by atoms with Crippen molar-refractivity contribution in [3.8, 4) is 0 Å². The maximum atomic E-state index is 14.4. The molecule has 3 heterocycles. The summed E-state index contributed by atoms with van der Waals surface area (Å²) in [6.45, 7) is 3.64. The van der Waals surface area contributed by atoms with Crippen LogP contribution < -0.4 is 5.01 Å². The first-order valence-corrected chi connectivity index (χ1v) is 15.7. The summed E-state index contributed by atoms with van der Waals surface area (Å²) < 4.78 is 0. The van der Waals surface area contributed by atoms with E-state index in [2.05, 4.69) is 44.5 Å². The summed E-state index contributed by atoms with van der Waals surface area (Å²) in [6, 6.07) is 27.9. The maximum absolute atomic E-state index is 14.4. The van der Waals surface area contributed by atoms with Crippen molar-refractivity contribution in [2.45, 2.75) is 31.8 Å². The summed E-state index contributed by atoms with van der Waals surface area (Å²) in [6.07, 6.45) is 0.614. The lowest BCUT2D eigenvalue weighted by Gasteiger charge is -2.41. The zero-order valence-corrected chi connectivity index (χ0v) is 26.3. The summed E-state index contributed by atoms with van der Waals surface area (Å²) in [5.41, 5.74) is 1.31. The summed E-state index contributed by atoms with van der Waals surface area (Å²) in [7, 11) is 0. The van der Waals surface area contributed by atoms with Gasteiger partial charge in [-0.05, 0) is 34.9 Å². The van der Waals surface area contributed by atoms with Crippen LogP contribution in [0.2, 0.25) is 0 Å². The fraction of sp³-hybridized carbons (Fsp3) is 0.257. The molecule has 1 saturated heterocycles. The Morgan fingerprint density at radius 3 is 2.00 bits per heavy atom. The van der Waals surface area contributed by atoms with Crippen LogP contribution in [-0.2, 0) is 4.79 Å². The predicted molar refractivity (Wildman–Crippen MR) is 176 cm³/mol. The molecule has 1 aliphatic heterocycles. The quantitative estimate of drug-likeness (QED) is 0.192. The van der Waals surface area contributed by atoms with Gasteiger partial charge >= 0.3 is 11.9 Å². The van der Waals surface area contributed by atoms with E-state index in [1.54, 1.807) is 29.2 Å². The van der Waals surface area contributed by atoms with Gasteiger partial charge in [0.2, 0.25) is 17.3 Å². The van der Waals surface area contributed by atoms with Crippen molar-refractivity contribution in [1.29, 1.82) is 0 Å². The van der Waals surface area contributed by atoms with Crippen molar-refractivity contribution in [3.63, 3.8) is 0 Å². The smallest absolute Gasteiger partial charge is 0.359 e. The number of hydrogen-bond acceptors (Lipinski definition) is 7. The lowest BCUT2D eigenvalue weighted by Crippen LogP contribution is -2.60. The molecule has 13 nitrogen and oxygen atoms in total. The van der Waals surface area contributed by atoms with Crippen molar-refractivity contribution in [1.82, 2.24) is 29.9 Å². The third-order valence-corrected chi connectivity index (χ3v) is 8.60. The number of aromatic carboxylic acids is 2. The number of hydrogen-bond donors (Lipinski definition) is 3. The minimum Gasteiger partial charge on any atom is -0.476 e. The van der Waals surface area contributed by atoms with Gasteiger partial charge < -0.3 is 20.1 Å². The van der Waals surface area contributed by atoms with Crippen molar-refractivity contribution in [2.75, 3.05) is 31.2 Å². The second kappa shape index (κ2) is 13.9. The molecule has 6 rings (SSSR count). The van der Waals surface area contributed by atoms with E-state index in [4.69, 9.17) is 0 Å². The molecule has 3 N–H and O–H groups in total. The molecule has 0 unspecified atom stereocenters. The molecule has 48 heavy (non-hydrogen) atoms. The Bertz CT molecular complexity index is 1860. The van der Waals surface area contributed by atoms with E-state index in [1.165, 1.54) is 0 Å². The Hall–Kier alpha value is -5.82. The first-order chi connectivity index (χ1) is 23.3. The molecule has 1 fully saturated rings. The van der Waals surface area contributed by atoms with Crippen LogP contribution in [0.5, 0.6) is 0 Å². The molecule has 0 aliphatic carbocycles. The topological polar surface area (TPSA) is 165 Å². The van der Waals surface area contributed by atoms with E-state index in [0.29, 0.717) is 42.9 Å².